The molecule has 0 aromatic carbocycles. The third kappa shape index (κ3) is 3.29. The predicted octanol–water partition coefficient (Wildman–Crippen LogP) is 4.11. The number of aromatic nitrogens is 2. The Hall–Kier alpha value is -1.47. The topological polar surface area (TPSA) is 69.2 Å². The van der Waals surface area contributed by atoms with Gasteiger partial charge in [-0.2, -0.15) is 0 Å². The maximum absolute atomic E-state index is 12.9. The summed E-state index contributed by atoms with van der Waals surface area (Å²) in [6.07, 6.45) is 8.48. The highest BCUT2D eigenvalue weighted by Crippen LogP contribution is 2.60. The molecule has 6 rings (SSSR count). The molecule has 5 nitrogen and oxygen atoms in total. The third-order valence-electron chi connectivity index (χ3n) is 6.55. The molecule has 0 N–H and O–H groups in total. The lowest BCUT2D eigenvalue weighted by atomic mass is 9.48. The summed E-state index contributed by atoms with van der Waals surface area (Å²) in [7, 11) is 0. The fourth-order valence-electron chi connectivity index (χ4n) is 5.80. The number of esters is 1. The highest BCUT2D eigenvalue weighted by Gasteiger charge is 2.54. The van der Waals surface area contributed by atoms with Gasteiger partial charge in [-0.15, -0.1) is 11.3 Å². The SMILES string of the molecule is O=C(CSc1ncnc2sccc12)OCC(=O)C12CC3CC(CC(C3)C1)C2. The normalized spacial score (nSPS) is 31.3. The van der Waals surface area contributed by atoms with Crippen molar-refractivity contribution < 1.29 is 14.3 Å². The fraction of sp³-hybridized carbons (Fsp3) is 0.600. The average molecular weight is 403 g/mol. The molecule has 142 valence electrons. The van der Waals surface area contributed by atoms with Crippen LogP contribution in [-0.2, 0) is 14.3 Å². The van der Waals surface area contributed by atoms with E-state index in [1.165, 1.54) is 37.4 Å². The van der Waals surface area contributed by atoms with Gasteiger partial charge in [-0.05, 0) is 67.7 Å². The van der Waals surface area contributed by atoms with Crippen LogP contribution in [-0.4, -0.2) is 34.1 Å². The number of ketones is 1. The maximum Gasteiger partial charge on any atom is 0.316 e. The molecular weight excluding hydrogens is 380 g/mol. The van der Waals surface area contributed by atoms with Crippen molar-refractivity contribution in [2.24, 2.45) is 23.2 Å². The number of fused-ring (bicyclic) bond motifs is 1. The lowest BCUT2D eigenvalue weighted by Crippen LogP contribution is -2.51. The number of thioether (sulfide) groups is 1. The van der Waals surface area contributed by atoms with E-state index in [4.69, 9.17) is 4.74 Å². The Morgan fingerprint density at radius 3 is 2.56 bits per heavy atom. The molecule has 2 aromatic rings. The van der Waals surface area contributed by atoms with E-state index in [1.54, 1.807) is 11.3 Å². The number of Topliss-reactive ketones (excluding diaryl/α,β-unsaturated/α-hetero) is 1. The third-order valence-corrected chi connectivity index (χ3v) is 8.35. The Bertz CT molecular complexity index is 859. The largest absolute Gasteiger partial charge is 0.457 e. The van der Waals surface area contributed by atoms with Crippen molar-refractivity contribution in [1.29, 1.82) is 0 Å². The van der Waals surface area contributed by atoms with E-state index in [9.17, 15) is 9.59 Å². The molecular formula is C20H22N2O3S2. The van der Waals surface area contributed by atoms with Gasteiger partial charge in [0.15, 0.2) is 12.4 Å². The number of nitrogens with zero attached hydrogens (tertiary/aromatic N) is 2. The monoisotopic (exact) mass is 402 g/mol. The minimum Gasteiger partial charge on any atom is -0.457 e. The molecule has 7 heteroatoms. The Kier molecular flexibility index (Phi) is 4.47. The molecule has 4 saturated carbocycles. The Morgan fingerprint density at radius 1 is 1.15 bits per heavy atom. The van der Waals surface area contributed by atoms with Crippen LogP contribution >= 0.6 is 23.1 Å². The highest BCUT2D eigenvalue weighted by molar-refractivity contribution is 8.00. The zero-order chi connectivity index (χ0) is 18.4. The van der Waals surface area contributed by atoms with Crippen molar-refractivity contribution in [3.8, 4) is 0 Å². The van der Waals surface area contributed by atoms with Gasteiger partial charge in [-0.3, -0.25) is 9.59 Å². The van der Waals surface area contributed by atoms with Crippen molar-refractivity contribution in [2.75, 3.05) is 12.4 Å². The van der Waals surface area contributed by atoms with Crippen molar-refractivity contribution in [3.63, 3.8) is 0 Å². The second-order valence-electron chi connectivity index (χ2n) is 8.39. The van der Waals surface area contributed by atoms with Gasteiger partial charge in [-0.1, -0.05) is 11.8 Å². The molecule has 4 fully saturated rings. The number of ether oxygens (including phenoxy) is 1. The van der Waals surface area contributed by atoms with E-state index in [0.29, 0.717) is 0 Å². The van der Waals surface area contributed by atoms with Crippen molar-refractivity contribution in [2.45, 2.75) is 43.6 Å². The standard InChI is InChI=1S/C20H22N2O3S2/c23-16(20-6-12-3-13(7-20)5-14(4-12)8-20)9-25-17(24)10-27-19-15-1-2-26-18(15)21-11-22-19/h1-2,11-14H,3-10H2. The van der Waals surface area contributed by atoms with E-state index < -0.39 is 0 Å². The molecule has 4 aliphatic carbocycles. The molecule has 2 heterocycles. The van der Waals surface area contributed by atoms with Crippen molar-refractivity contribution in [3.05, 3.63) is 17.8 Å². The zero-order valence-corrected chi connectivity index (χ0v) is 16.7. The first-order chi connectivity index (χ1) is 13.1. The zero-order valence-electron chi connectivity index (χ0n) is 15.1. The quantitative estimate of drug-likeness (QED) is 0.411. The molecule has 0 saturated heterocycles. The number of hydrogen-bond donors (Lipinski definition) is 0. The summed E-state index contributed by atoms with van der Waals surface area (Å²) in [6.45, 7) is -0.0663. The van der Waals surface area contributed by atoms with Crippen LogP contribution in [0.1, 0.15) is 38.5 Å². The van der Waals surface area contributed by atoms with Crippen LogP contribution in [0.15, 0.2) is 22.8 Å². The molecule has 2 aromatic heterocycles. The first kappa shape index (κ1) is 17.6. The minimum absolute atomic E-state index is 0.0663. The molecule has 0 unspecified atom stereocenters. The van der Waals surface area contributed by atoms with E-state index in [1.807, 2.05) is 11.4 Å². The van der Waals surface area contributed by atoms with E-state index in [2.05, 4.69) is 9.97 Å². The minimum atomic E-state index is -0.347. The summed E-state index contributed by atoms with van der Waals surface area (Å²) in [4.78, 5) is 34.5. The van der Waals surface area contributed by atoms with Crippen LogP contribution in [0.2, 0.25) is 0 Å². The number of hydrogen-bond acceptors (Lipinski definition) is 7. The fourth-order valence-corrected chi connectivity index (χ4v) is 7.38. The average Bonchev–Trinajstić information content (AvgIpc) is 3.12. The van der Waals surface area contributed by atoms with E-state index >= 15 is 0 Å². The second kappa shape index (κ2) is 6.85. The first-order valence-corrected chi connectivity index (χ1v) is 11.5. The number of carbonyl (C=O) groups excluding carboxylic acids is 2. The van der Waals surface area contributed by atoms with Crippen LogP contribution in [0.25, 0.3) is 10.2 Å². The lowest BCUT2D eigenvalue weighted by molar-refractivity contribution is -0.156. The molecule has 4 bridgehead atoms. The number of thiophene rings is 1. The Labute approximate surface area is 166 Å². The van der Waals surface area contributed by atoms with Crippen molar-refractivity contribution >= 4 is 45.1 Å². The summed E-state index contributed by atoms with van der Waals surface area (Å²) < 4.78 is 5.36. The molecule has 27 heavy (non-hydrogen) atoms. The van der Waals surface area contributed by atoms with Gasteiger partial charge in [0.2, 0.25) is 0 Å². The van der Waals surface area contributed by atoms with Crippen LogP contribution in [0.4, 0.5) is 0 Å². The summed E-state index contributed by atoms with van der Waals surface area (Å²) >= 11 is 2.90. The first-order valence-electron chi connectivity index (χ1n) is 9.61. The summed E-state index contributed by atoms with van der Waals surface area (Å²) in [5, 5.41) is 3.71. The summed E-state index contributed by atoms with van der Waals surface area (Å²) in [6, 6.07) is 1.96. The van der Waals surface area contributed by atoms with Gasteiger partial charge >= 0.3 is 5.97 Å². The van der Waals surface area contributed by atoms with Crippen LogP contribution in [0.3, 0.4) is 0 Å². The van der Waals surface area contributed by atoms with Gasteiger partial charge in [0.25, 0.3) is 0 Å². The molecule has 4 aliphatic rings. The molecule has 0 amide bonds. The van der Waals surface area contributed by atoms with Gasteiger partial charge in [0, 0.05) is 10.8 Å². The number of rotatable bonds is 6. The van der Waals surface area contributed by atoms with E-state index in [-0.39, 0.29) is 29.5 Å². The van der Waals surface area contributed by atoms with Gasteiger partial charge < -0.3 is 4.74 Å². The van der Waals surface area contributed by atoms with Gasteiger partial charge in [0.05, 0.1) is 5.75 Å². The Morgan fingerprint density at radius 2 is 1.85 bits per heavy atom. The van der Waals surface area contributed by atoms with Crippen LogP contribution in [0, 0.1) is 23.2 Å². The smallest absolute Gasteiger partial charge is 0.316 e. The second-order valence-corrected chi connectivity index (χ2v) is 10.2. The molecule has 0 radical (unpaired) electrons. The van der Waals surface area contributed by atoms with Crippen LogP contribution in [0.5, 0.6) is 0 Å². The Balaban J connectivity index is 1.16. The van der Waals surface area contributed by atoms with Gasteiger partial charge in [-0.25, -0.2) is 9.97 Å². The molecule has 0 aliphatic heterocycles. The molecule has 0 spiro atoms. The van der Waals surface area contributed by atoms with E-state index in [0.717, 1.165) is 52.3 Å². The van der Waals surface area contributed by atoms with Crippen molar-refractivity contribution in [1.82, 2.24) is 9.97 Å². The van der Waals surface area contributed by atoms with Crippen LogP contribution < -0.4 is 0 Å². The lowest BCUT2D eigenvalue weighted by Gasteiger charge is -2.55. The van der Waals surface area contributed by atoms with Gasteiger partial charge in [0.1, 0.15) is 16.2 Å². The highest BCUT2D eigenvalue weighted by atomic mass is 32.2. The summed E-state index contributed by atoms with van der Waals surface area (Å²) in [5.74, 6) is 2.13. The number of carbonyl (C=O) groups is 2. The maximum atomic E-state index is 12.9. The summed E-state index contributed by atoms with van der Waals surface area (Å²) in [5.41, 5.74) is -0.197. The molecule has 0 atom stereocenters. The predicted molar refractivity (Wildman–Crippen MR) is 105 cm³/mol.